The summed E-state index contributed by atoms with van der Waals surface area (Å²) in [5.74, 6) is -0.425. The minimum absolute atomic E-state index is 0.0460. The Morgan fingerprint density at radius 2 is 1.57 bits per heavy atom. The highest BCUT2D eigenvalue weighted by atomic mass is 19.1. The Kier molecular flexibility index (Phi) is 7.88. The van der Waals surface area contributed by atoms with Gasteiger partial charge < -0.3 is 5.32 Å². The third-order valence-corrected chi connectivity index (χ3v) is 5.98. The van der Waals surface area contributed by atoms with E-state index in [0.29, 0.717) is 42.3 Å². The van der Waals surface area contributed by atoms with Crippen molar-refractivity contribution < 1.29 is 9.18 Å². The average molecular weight is 474 g/mol. The Hall–Kier alpha value is -4.00. The number of carbonyl (C=O) groups excluding carboxylic acids is 1. The van der Waals surface area contributed by atoms with Crippen LogP contribution in [0.25, 0.3) is 10.9 Å². The molecule has 0 saturated carbocycles. The van der Waals surface area contributed by atoms with Crippen LogP contribution in [0.1, 0.15) is 30.4 Å². The molecular weight excluding hydrogens is 445 g/mol. The molecule has 7 heteroatoms. The van der Waals surface area contributed by atoms with Crippen LogP contribution in [0.3, 0.4) is 0 Å². The molecule has 0 radical (unpaired) electrons. The standard InChI is InChI=1S/C28H28FN3O3/c29-23-12-8-11-22(19-23)20-32-25-14-5-4-13-24(25)27(34)31(28(32)35)18-7-6-15-26(33)30-17-16-21-9-2-1-3-10-21/h1-5,8-14,19H,6-7,15-18,20H2,(H,30,33). The average Bonchev–Trinajstić information content (AvgIpc) is 2.87. The first-order chi connectivity index (χ1) is 17.0. The third-order valence-electron chi connectivity index (χ3n) is 5.98. The second-order valence-corrected chi connectivity index (χ2v) is 8.52. The summed E-state index contributed by atoms with van der Waals surface area (Å²) in [7, 11) is 0. The van der Waals surface area contributed by atoms with Crippen LogP contribution >= 0.6 is 0 Å². The van der Waals surface area contributed by atoms with E-state index < -0.39 is 5.69 Å². The first-order valence-electron chi connectivity index (χ1n) is 11.8. The zero-order valence-electron chi connectivity index (χ0n) is 19.5. The zero-order valence-corrected chi connectivity index (χ0v) is 19.5. The van der Waals surface area contributed by atoms with Crippen LogP contribution in [0.5, 0.6) is 0 Å². The van der Waals surface area contributed by atoms with Crippen LogP contribution in [0.4, 0.5) is 4.39 Å². The van der Waals surface area contributed by atoms with Crippen LogP contribution < -0.4 is 16.6 Å². The molecule has 0 unspecified atom stereocenters. The lowest BCUT2D eigenvalue weighted by atomic mass is 10.1. The number of rotatable bonds is 10. The zero-order chi connectivity index (χ0) is 24.6. The normalized spacial score (nSPS) is 11.0. The van der Waals surface area contributed by atoms with Crippen molar-refractivity contribution in [2.45, 2.75) is 38.8 Å². The summed E-state index contributed by atoms with van der Waals surface area (Å²) in [5, 5.41) is 3.35. The van der Waals surface area contributed by atoms with Crippen LogP contribution in [0.15, 0.2) is 88.5 Å². The van der Waals surface area contributed by atoms with E-state index >= 15 is 0 Å². The largest absolute Gasteiger partial charge is 0.356 e. The molecule has 1 aromatic heterocycles. The van der Waals surface area contributed by atoms with Crippen molar-refractivity contribution >= 4 is 16.8 Å². The van der Waals surface area contributed by atoms with Gasteiger partial charge in [0.1, 0.15) is 5.82 Å². The van der Waals surface area contributed by atoms with Gasteiger partial charge in [0.05, 0.1) is 17.4 Å². The molecule has 1 heterocycles. The first kappa shape index (κ1) is 24.1. The lowest BCUT2D eigenvalue weighted by Crippen LogP contribution is -2.40. The Morgan fingerprint density at radius 3 is 2.37 bits per heavy atom. The summed E-state index contributed by atoms with van der Waals surface area (Å²) < 4.78 is 16.4. The molecule has 0 bridgehead atoms. The number of aromatic nitrogens is 2. The second-order valence-electron chi connectivity index (χ2n) is 8.52. The lowest BCUT2D eigenvalue weighted by Gasteiger charge is -2.14. The summed E-state index contributed by atoms with van der Waals surface area (Å²) in [6, 6.07) is 23.0. The molecule has 0 aliphatic rings. The molecule has 0 spiro atoms. The van der Waals surface area contributed by atoms with Crippen molar-refractivity contribution in [1.29, 1.82) is 0 Å². The van der Waals surface area contributed by atoms with Gasteiger partial charge in [0.25, 0.3) is 5.56 Å². The molecule has 4 aromatic rings. The summed E-state index contributed by atoms with van der Waals surface area (Å²) in [5.41, 5.74) is 1.52. The van der Waals surface area contributed by atoms with Crippen LogP contribution in [-0.2, 0) is 24.3 Å². The number of nitrogens with one attached hydrogen (secondary N) is 1. The fourth-order valence-electron chi connectivity index (χ4n) is 4.17. The molecule has 35 heavy (non-hydrogen) atoms. The van der Waals surface area contributed by atoms with E-state index in [9.17, 15) is 18.8 Å². The van der Waals surface area contributed by atoms with Crippen molar-refractivity contribution in [3.05, 3.63) is 117 Å². The van der Waals surface area contributed by atoms with Crippen molar-refractivity contribution in [3.8, 4) is 0 Å². The lowest BCUT2D eigenvalue weighted by molar-refractivity contribution is -0.121. The number of unbranched alkanes of at least 4 members (excludes halogenated alkanes) is 1. The maximum atomic E-state index is 13.7. The molecule has 6 nitrogen and oxygen atoms in total. The number of carbonyl (C=O) groups is 1. The monoisotopic (exact) mass is 473 g/mol. The molecule has 4 rings (SSSR count). The summed E-state index contributed by atoms with van der Waals surface area (Å²) in [6.07, 6.45) is 2.16. The molecule has 0 aliphatic heterocycles. The Bertz CT molecular complexity index is 1430. The van der Waals surface area contributed by atoms with Gasteiger partial charge in [-0.15, -0.1) is 0 Å². The van der Waals surface area contributed by atoms with E-state index in [-0.39, 0.29) is 30.4 Å². The van der Waals surface area contributed by atoms with Gasteiger partial charge in [-0.2, -0.15) is 0 Å². The van der Waals surface area contributed by atoms with Gasteiger partial charge in [-0.3, -0.25) is 18.7 Å². The highest BCUT2D eigenvalue weighted by Crippen LogP contribution is 2.12. The Morgan fingerprint density at radius 1 is 0.829 bits per heavy atom. The third kappa shape index (κ3) is 6.12. The topological polar surface area (TPSA) is 73.1 Å². The predicted octanol–water partition coefficient (Wildman–Crippen LogP) is 3.88. The quantitative estimate of drug-likeness (QED) is 0.355. The van der Waals surface area contributed by atoms with Gasteiger partial charge in [0.15, 0.2) is 0 Å². The Labute approximate surface area is 202 Å². The summed E-state index contributed by atoms with van der Waals surface area (Å²) in [6.45, 7) is 0.932. The van der Waals surface area contributed by atoms with E-state index in [0.717, 1.165) is 12.0 Å². The summed E-state index contributed by atoms with van der Waals surface area (Å²) >= 11 is 0. The molecule has 0 saturated heterocycles. The van der Waals surface area contributed by atoms with E-state index in [2.05, 4.69) is 5.32 Å². The minimum Gasteiger partial charge on any atom is -0.356 e. The number of benzene rings is 3. The Balaban J connectivity index is 1.41. The molecule has 1 N–H and O–H groups in total. The number of para-hydroxylation sites is 1. The number of hydrogen-bond donors (Lipinski definition) is 1. The SMILES string of the molecule is O=C(CCCCn1c(=O)c2ccccc2n(Cc2cccc(F)c2)c1=O)NCCc1ccccc1. The molecule has 0 atom stereocenters. The van der Waals surface area contributed by atoms with Crippen molar-refractivity contribution in [3.63, 3.8) is 0 Å². The maximum absolute atomic E-state index is 13.7. The van der Waals surface area contributed by atoms with Crippen LogP contribution in [-0.4, -0.2) is 21.6 Å². The van der Waals surface area contributed by atoms with Crippen molar-refractivity contribution in [2.24, 2.45) is 0 Å². The molecule has 0 fully saturated rings. The fourth-order valence-corrected chi connectivity index (χ4v) is 4.17. The number of halogens is 1. The van der Waals surface area contributed by atoms with Gasteiger partial charge >= 0.3 is 5.69 Å². The summed E-state index contributed by atoms with van der Waals surface area (Å²) in [4.78, 5) is 38.4. The van der Waals surface area contributed by atoms with E-state index in [1.165, 1.54) is 21.3 Å². The number of fused-ring (bicyclic) bond motifs is 1. The minimum atomic E-state index is -0.440. The van der Waals surface area contributed by atoms with E-state index in [4.69, 9.17) is 0 Å². The van der Waals surface area contributed by atoms with Gasteiger partial charge in [-0.05, 0) is 54.7 Å². The van der Waals surface area contributed by atoms with E-state index in [1.807, 2.05) is 30.3 Å². The number of amides is 1. The van der Waals surface area contributed by atoms with Crippen molar-refractivity contribution in [1.82, 2.24) is 14.5 Å². The first-order valence-corrected chi connectivity index (χ1v) is 11.8. The maximum Gasteiger partial charge on any atom is 0.331 e. The van der Waals surface area contributed by atoms with Gasteiger partial charge in [0.2, 0.25) is 5.91 Å². The second kappa shape index (κ2) is 11.4. The molecular formula is C28H28FN3O3. The number of hydrogen-bond acceptors (Lipinski definition) is 3. The number of nitrogens with zero attached hydrogens (tertiary/aromatic N) is 2. The highest BCUT2D eigenvalue weighted by Gasteiger charge is 2.13. The predicted molar refractivity (Wildman–Crippen MR) is 135 cm³/mol. The van der Waals surface area contributed by atoms with E-state index in [1.54, 1.807) is 36.4 Å². The molecule has 3 aromatic carbocycles. The van der Waals surface area contributed by atoms with Crippen LogP contribution in [0, 0.1) is 5.82 Å². The molecule has 1 amide bonds. The van der Waals surface area contributed by atoms with Gasteiger partial charge in [-0.1, -0.05) is 54.6 Å². The van der Waals surface area contributed by atoms with Crippen molar-refractivity contribution in [2.75, 3.05) is 6.54 Å². The van der Waals surface area contributed by atoms with Crippen LogP contribution in [0.2, 0.25) is 0 Å². The smallest absolute Gasteiger partial charge is 0.331 e. The fraction of sp³-hybridized carbons (Fsp3) is 0.250. The molecule has 180 valence electrons. The van der Waals surface area contributed by atoms with Gasteiger partial charge in [0, 0.05) is 19.5 Å². The van der Waals surface area contributed by atoms with Gasteiger partial charge in [-0.25, -0.2) is 9.18 Å². The molecule has 0 aliphatic carbocycles. The highest BCUT2D eigenvalue weighted by molar-refractivity contribution is 5.78.